The first-order chi connectivity index (χ1) is 18.3. The molecule has 0 saturated carbocycles. The van der Waals surface area contributed by atoms with Crippen molar-refractivity contribution in [3.05, 3.63) is 42.0 Å². The summed E-state index contributed by atoms with van der Waals surface area (Å²) in [5, 5.41) is 0.574. The Bertz CT molecular complexity index is 1360. The van der Waals surface area contributed by atoms with E-state index in [0.29, 0.717) is 55.0 Å². The van der Waals surface area contributed by atoms with Crippen LogP contribution in [0.5, 0.6) is 11.5 Å². The van der Waals surface area contributed by atoms with Gasteiger partial charge in [-0.1, -0.05) is 24.7 Å². The largest absolute Gasteiger partial charge is 0.486 e. The van der Waals surface area contributed by atoms with Crippen molar-refractivity contribution in [1.82, 2.24) is 14.2 Å². The van der Waals surface area contributed by atoms with E-state index in [-0.39, 0.29) is 16.8 Å². The fraction of sp³-hybridized carbons (Fsp3) is 0.481. The van der Waals surface area contributed by atoms with Gasteiger partial charge in [0.15, 0.2) is 16.6 Å². The summed E-state index contributed by atoms with van der Waals surface area (Å²) in [4.78, 5) is 22.4. The van der Waals surface area contributed by atoms with Gasteiger partial charge in [-0.2, -0.15) is 4.31 Å². The molecule has 9 nitrogen and oxygen atoms in total. The molecule has 0 spiro atoms. The number of rotatable bonds is 8. The second-order valence-electron chi connectivity index (χ2n) is 9.92. The zero-order valence-corrected chi connectivity index (χ0v) is 23.7. The molecule has 1 amide bonds. The minimum atomic E-state index is -3.62. The number of likely N-dealkylation sites (N-methyl/N-ethyl adjacent to an activating group) is 1. The van der Waals surface area contributed by atoms with Gasteiger partial charge in [-0.3, -0.25) is 9.69 Å². The molecule has 1 aromatic heterocycles. The number of carbonyl (C=O) groups is 1. The number of hydrogen-bond acceptors (Lipinski definition) is 8. The number of anilines is 1. The van der Waals surface area contributed by atoms with Crippen molar-refractivity contribution in [2.45, 2.75) is 43.5 Å². The number of hydrogen-bond donors (Lipinski definition) is 0. The smallest absolute Gasteiger partial charge is 0.260 e. The molecular formula is C27H34N4O5S2. The minimum Gasteiger partial charge on any atom is -0.486 e. The van der Waals surface area contributed by atoms with Crippen LogP contribution in [-0.2, 0) is 10.0 Å². The molecule has 2 aromatic carbocycles. The van der Waals surface area contributed by atoms with Crippen LogP contribution >= 0.6 is 11.3 Å². The fourth-order valence-corrected chi connectivity index (χ4v) is 7.68. The Morgan fingerprint density at radius 1 is 1.08 bits per heavy atom. The molecule has 2 aliphatic rings. The van der Waals surface area contributed by atoms with Gasteiger partial charge in [-0.15, -0.1) is 0 Å². The number of ether oxygens (including phenoxy) is 2. The third-order valence-corrected chi connectivity index (χ3v) is 10.0. The summed E-state index contributed by atoms with van der Waals surface area (Å²) >= 11 is 1.42. The summed E-state index contributed by atoms with van der Waals surface area (Å²) in [6, 6.07) is 10.1. The Morgan fingerprint density at radius 2 is 1.79 bits per heavy atom. The van der Waals surface area contributed by atoms with Gasteiger partial charge in [0.05, 0.1) is 15.1 Å². The van der Waals surface area contributed by atoms with Gasteiger partial charge in [0.1, 0.15) is 13.2 Å². The number of nitrogens with zero attached hydrogens (tertiary/aromatic N) is 4. The molecule has 0 aliphatic carbocycles. The van der Waals surface area contributed by atoms with E-state index in [0.717, 1.165) is 35.9 Å². The lowest BCUT2D eigenvalue weighted by atomic mass is 10.0. The predicted molar refractivity (Wildman–Crippen MR) is 149 cm³/mol. The fourth-order valence-electron chi connectivity index (χ4n) is 4.91. The molecule has 1 atom stereocenters. The quantitative estimate of drug-likeness (QED) is 0.409. The van der Waals surface area contributed by atoms with Crippen LogP contribution in [0, 0.1) is 0 Å². The molecule has 0 bridgehead atoms. The van der Waals surface area contributed by atoms with Crippen LogP contribution in [0.4, 0.5) is 5.13 Å². The highest BCUT2D eigenvalue weighted by molar-refractivity contribution is 7.89. The van der Waals surface area contributed by atoms with Gasteiger partial charge >= 0.3 is 0 Å². The Morgan fingerprint density at radius 3 is 2.47 bits per heavy atom. The Labute approximate surface area is 228 Å². The van der Waals surface area contributed by atoms with Crippen LogP contribution in [0.15, 0.2) is 41.3 Å². The van der Waals surface area contributed by atoms with Crippen molar-refractivity contribution >= 4 is 42.6 Å². The van der Waals surface area contributed by atoms with E-state index in [1.807, 2.05) is 38.1 Å². The van der Waals surface area contributed by atoms with Crippen LogP contribution in [0.1, 0.15) is 43.0 Å². The molecule has 0 N–H and O–H groups in total. The molecule has 38 heavy (non-hydrogen) atoms. The van der Waals surface area contributed by atoms with E-state index in [1.165, 1.54) is 11.3 Å². The summed E-state index contributed by atoms with van der Waals surface area (Å²) in [6.45, 7) is 4.64. The standard InChI is InChI=1S/C27H34N4O5S2/c1-4-20-7-5-6-12-31(20)38(33,34)21-10-8-19(9-11-21)26(32)30(14-13-29(2)3)27-28-22-17-23-24(18-25(22)37-27)36-16-15-35-23/h8-11,17-18,20H,4-7,12-16H2,1-3H3. The van der Waals surface area contributed by atoms with Crippen LogP contribution in [0.25, 0.3) is 10.2 Å². The monoisotopic (exact) mass is 558 g/mol. The van der Waals surface area contributed by atoms with Crippen molar-refractivity contribution in [3.8, 4) is 11.5 Å². The van der Waals surface area contributed by atoms with E-state index >= 15 is 0 Å². The van der Waals surface area contributed by atoms with E-state index < -0.39 is 10.0 Å². The summed E-state index contributed by atoms with van der Waals surface area (Å²) in [5.41, 5.74) is 1.16. The van der Waals surface area contributed by atoms with Crippen molar-refractivity contribution in [1.29, 1.82) is 0 Å². The lowest BCUT2D eigenvalue weighted by Crippen LogP contribution is -2.43. The highest BCUT2D eigenvalue weighted by Crippen LogP contribution is 2.39. The van der Waals surface area contributed by atoms with Gasteiger partial charge in [0.25, 0.3) is 5.91 Å². The van der Waals surface area contributed by atoms with Crippen molar-refractivity contribution < 1.29 is 22.7 Å². The summed E-state index contributed by atoms with van der Waals surface area (Å²) in [7, 11) is 0.286. The first-order valence-corrected chi connectivity index (χ1v) is 15.3. The van der Waals surface area contributed by atoms with Crippen LogP contribution in [0.2, 0.25) is 0 Å². The number of sulfonamides is 1. The number of aromatic nitrogens is 1. The summed E-state index contributed by atoms with van der Waals surface area (Å²) in [6.07, 6.45) is 3.60. The van der Waals surface area contributed by atoms with Gasteiger partial charge in [-0.25, -0.2) is 13.4 Å². The van der Waals surface area contributed by atoms with E-state index in [9.17, 15) is 13.2 Å². The number of amides is 1. The first kappa shape index (κ1) is 26.9. The Kier molecular flexibility index (Phi) is 7.90. The maximum absolute atomic E-state index is 13.7. The topological polar surface area (TPSA) is 92.3 Å². The lowest BCUT2D eigenvalue weighted by molar-refractivity contribution is 0.0985. The molecule has 0 radical (unpaired) electrons. The molecule has 1 fully saturated rings. The van der Waals surface area contributed by atoms with Gasteiger partial charge < -0.3 is 14.4 Å². The molecule has 204 valence electrons. The first-order valence-electron chi connectivity index (χ1n) is 13.1. The molecular weight excluding hydrogens is 524 g/mol. The zero-order chi connectivity index (χ0) is 26.9. The molecule has 1 unspecified atom stereocenters. The number of thiazole rings is 1. The molecule has 5 rings (SSSR count). The van der Waals surface area contributed by atoms with Crippen molar-refractivity contribution in [3.63, 3.8) is 0 Å². The third-order valence-electron chi connectivity index (χ3n) is 7.04. The second-order valence-corrected chi connectivity index (χ2v) is 12.8. The molecule has 3 heterocycles. The average Bonchev–Trinajstić information content (AvgIpc) is 3.33. The number of fused-ring (bicyclic) bond motifs is 2. The van der Waals surface area contributed by atoms with E-state index in [1.54, 1.807) is 33.5 Å². The van der Waals surface area contributed by atoms with Gasteiger partial charge in [0.2, 0.25) is 10.0 Å². The number of carbonyl (C=O) groups excluding carboxylic acids is 1. The van der Waals surface area contributed by atoms with E-state index in [4.69, 9.17) is 14.5 Å². The van der Waals surface area contributed by atoms with Crippen LogP contribution in [-0.4, -0.2) is 81.5 Å². The van der Waals surface area contributed by atoms with Gasteiger partial charge in [0, 0.05) is 43.4 Å². The molecule has 1 saturated heterocycles. The predicted octanol–water partition coefficient (Wildman–Crippen LogP) is 4.23. The second kappa shape index (κ2) is 11.2. The summed E-state index contributed by atoms with van der Waals surface area (Å²) < 4.78 is 40.7. The third kappa shape index (κ3) is 5.38. The number of piperidine rings is 1. The van der Waals surface area contributed by atoms with E-state index in [2.05, 4.69) is 0 Å². The SMILES string of the molecule is CCC1CCCCN1S(=O)(=O)c1ccc(C(=O)N(CCN(C)C)c2nc3cc4c(cc3s2)OCCO4)cc1. The Balaban J connectivity index is 1.43. The Hall–Kier alpha value is -2.73. The zero-order valence-electron chi connectivity index (χ0n) is 22.1. The van der Waals surface area contributed by atoms with Crippen LogP contribution < -0.4 is 14.4 Å². The normalized spacial score (nSPS) is 18.2. The lowest BCUT2D eigenvalue weighted by Gasteiger charge is -2.34. The average molecular weight is 559 g/mol. The van der Waals surface area contributed by atoms with Gasteiger partial charge in [-0.05, 0) is 57.6 Å². The van der Waals surface area contributed by atoms with Crippen molar-refractivity contribution in [2.75, 3.05) is 51.8 Å². The minimum absolute atomic E-state index is 0.0251. The highest BCUT2D eigenvalue weighted by atomic mass is 32.2. The maximum atomic E-state index is 13.7. The number of benzene rings is 2. The maximum Gasteiger partial charge on any atom is 0.260 e. The molecule has 3 aromatic rings. The summed E-state index contributed by atoms with van der Waals surface area (Å²) in [5.74, 6) is 1.11. The molecule has 2 aliphatic heterocycles. The van der Waals surface area contributed by atoms with Crippen molar-refractivity contribution in [2.24, 2.45) is 0 Å². The highest BCUT2D eigenvalue weighted by Gasteiger charge is 2.33. The van der Waals surface area contributed by atoms with Crippen LogP contribution in [0.3, 0.4) is 0 Å². The molecule has 11 heteroatoms.